The fraction of sp³-hybridized carbons (Fsp3) is 0.667. The zero-order valence-corrected chi connectivity index (χ0v) is 5.54. The van der Waals surface area contributed by atoms with E-state index in [9.17, 15) is 9.59 Å². The first-order valence-electron chi connectivity index (χ1n) is 3.40. The van der Waals surface area contributed by atoms with E-state index in [4.69, 9.17) is 0 Å². The van der Waals surface area contributed by atoms with E-state index in [1.54, 1.807) is 10.0 Å². The van der Waals surface area contributed by atoms with Gasteiger partial charge in [0, 0.05) is 13.1 Å². The molecule has 0 saturated carbocycles. The van der Waals surface area contributed by atoms with Gasteiger partial charge >= 0.3 is 0 Å². The summed E-state index contributed by atoms with van der Waals surface area (Å²) >= 11 is 0. The minimum atomic E-state index is -0.0394. The summed E-state index contributed by atoms with van der Waals surface area (Å²) in [5.74, 6) is -0.0787. The third kappa shape index (κ3) is 0.558. The Labute approximate surface area is 58.4 Å². The average molecular weight is 140 g/mol. The molecule has 0 aliphatic carbocycles. The van der Waals surface area contributed by atoms with Crippen molar-refractivity contribution in [3.8, 4) is 0 Å². The molecule has 0 aromatic carbocycles. The van der Waals surface area contributed by atoms with E-state index >= 15 is 0 Å². The number of carbonyl (C=O) groups is 2. The molecule has 0 spiro atoms. The molecular weight excluding hydrogens is 132 g/mol. The van der Waals surface area contributed by atoms with Crippen molar-refractivity contribution < 1.29 is 9.59 Å². The molecule has 2 amide bonds. The van der Waals surface area contributed by atoms with Gasteiger partial charge in [-0.05, 0) is 6.42 Å². The Morgan fingerprint density at radius 1 is 1.00 bits per heavy atom. The van der Waals surface area contributed by atoms with E-state index in [1.807, 2.05) is 0 Å². The van der Waals surface area contributed by atoms with Crippen LogP contribution in [-0.2, 0) is 9.59 Å². The topological polar surface area (TPSA) is 40.6 Å². The molecule has 4 heteroatoms. The van der Waals surface area contributed by atoms with Crippen LogP contribution in [0, 0.1) is 0 Å². The van der Waals surface area contributed by atoms with Crippen molar-refractivity contribution in [2.45, 2.75) is 12.8 Å². The van der Waals surface area contributed by atoms with Gasteiger partial charge in [0.05, 0.1) is 0 Å². The summed E-state index contributed by atoms with van der Waals surface area (Å²) in [4.78, 5) is 21.9. The number of carbonyl (C=O) groups excluding carboxylic acids is 2. The number of hydrazine groups is 1. The van der Waals surface area contributed by atoms with Crippen molar-refractivity contribution >= 4 is 11.8 Å². The highest BCUT2D eigenvalue weighted by Gasteiger charge is 2.38. The summed E-state index contributed by atoms with van der Waals surface area (Å²) < 4.78 is 0. The SMILES string of the molecule is O=C1CC(=O)N2CCCN12. The Morgan fingerprint density at radius 3 is 2.00 bits per heavy atom. The molecule has 0 aromatic heterocycles. The van der Waals surface area contributed by atoms with Crippen molar-refractivity contribution in [1.82, 2.24) is 10.0 Å². The lowest BCUT2D eigenvalue weighted by atomic mass is 10.3. The molecule has 0 aromatic rings. The van der Waals surface area contributed by atoms with Gasteiger partial charge in [0.2, 0.25) is 0 Å². The van der Waals surface area contributed by atoms with Crippen LogP contribution in [0.2, 0.25) is 0 Å². The lowest BCUT2D eigenvalue weighted by Crippen LogP contribution is -2.33. The number of fused-ring (bicyclic) bond motifs is 1. The van der Waals surface area contributed by atoms with Crippen LogP contribution in [0.3, 0.4) is 0 Å². The van der Waals surface area contributed by atoms with E-state index < -0.39 is 0 Å². The van der Waals surface area contributed by atoms with Crippen molar-refractivity contribution in [1.29, 1.82) is 0 Å². The summed E-state index contributed by atoms with van der Waals surface area (Å²) in [5.41, 5.74) is 0. The maximum Gasteiger partial charge on any atom is 0.250 e. The first-order chi connectivity index (χ1) is 4.79. The predicted molar refractivity (Wildman–Crippen MR) is 32.7 cm³/mol. The van der Waals surface area contributed by atoms with Gasteiger partial charge in [-0.15, -0.1) is 0 Å². The molecule has 0 atom stereocenters. The third-order valence-electron chi connectivity index (χ3n) is 1.91. The molecule has 2 fully saturated rings. The highest BCUT2D eigenvalue weighted by molar-refractivity contribution is 6.02. The van der Waals surface area contributed by atoms with E-state index in [0.29, 0.717) is 0 Å². The second kappa shape index (κ2) is 1.71. The van der Waals surface area contributed by atoms with Gasteiger partial charge in [-0.1, -0.05) is 0 Å². The van der Waals surface area contributed by atoms with Crippen molar-refractivity contribution in [3.63, 3.8) is 0 Å². The Hall–Kier alpha value is -1.06. The summed E-state index contributed by atoms with van der Waals surface area (Å²) in [5, 5.41) is 3.09. The Balaban J connectivity index is 2.27. The molecule has 0 bridgehead atoms. The quantitative estimate of drug-likeness (QED) is 0.420. The Bertz CT molecular complexity index is 182. The average Bonchev–Trinajstić information content (AvgIpc) is 2.39. The third-order valence-corrected chi connectivity index (χ3v) is 1.91. The van der Waals surface area contributed by atoms with Crippen LogP contribution in [0.4, 0.5) is 0 Å². The summed E-state index contributed by atoms with van der Waals surface area (Å²) in [7, 11) is 0. The maximum absolute atomic E-state index is 10.9. The van der Waals surface area contributed by atoms with E-state index in [1.165, 1.54) is 0 Å². The van der Waals surface area contributed by atoms with E-state index in [2.05, 4.69) is 0 Å². The minimum absolute atomic E-state index is 0.0394. The first-order valence-corrected chi connectivity index (χ1v) is 3.40. The van der Waals surface area contributed by atoms with Crippen LogP contribution in [0.25, 0.3) is 0 Å². The molecule has 2 aliphatic heterocycles. The molecule has 0 unspecified atom stereocenters. The van der Waals surface area contributed by atoms with Gasteiger partial charge in [-0.25, -0.2) is 0 Å². The predicted octanol–water partition coefficient (Wildman–Crippen LogP) is -0.634. The van der Waals surface area contributed by atoms with Crippen molar-refractivity contribution in [3.05, 3.63) is 0 Å². The second-order valence-electron chi connectivity index (χ2n) is 2.56. The number of rotatable bonds is 0. The molecule has 0 N–H and O–H groups in total. The Morgan fingerprint density at radius 2 is 1.50 bits per heavy atom. The fourth-order valence-electron chi connectivity index (χ4n) is 1.44. The summed E-state index contributed by atoms with van der Waals surface area (Å²) in [6.07, 6.45) is 1.01. The first kappa shape index (κ1) is 5.70. The monoisotopic (exact) mass is 140 g/mol. The molecule has 2 rings (SSSR count). The normalized spacial score (nSPS) is 24.4. The number of nitrogens with zero attached hydrogens (tertiary/aromatic N) is 2. The molecule has 4 nitrogen and oxygen atoms in total. The van der Waals surface area contributed by atoms with Crippen molar-refractivity contribution in [2.75, 3.05) is 13.1 Å². The highest BCUT2D eigenvalue weighted by Crippen LogP contribution is 2.19. The molecule has 0 radical (unpaired) electrons. The van der Waals surface area contributed by atoms with Gasteiger partial charge < -0.3 is 0 Å². The van der Waals surface area contributed by atoms with Crippen LogP contribution >= 0.6 is 0 Å². The van der Waals surface area contributed by atoms with Gasteiger partial charge in [-0.2, -0.15) is 0 Å². The molecule has 2 heterocycles. The van der Waals surface area contributed by atoms with Gasteiger partial charge in [-0.3, -0.25) is 19.6 Å². The van der Waals surface area contributed by atoms with Crippen LogP contribution in [0.1, 0.15) is 12.8 Å². The molecular formula is C6H8N2O2. The van der Waals surface area contributed by atoms with E-state index in [0.717, 1.165) is 19.5 Å². The highest BCUT2D eigenvalue weighted by atomic mass is 16.2. The Kier molecular flexibility index (Phi) is 0.977. The lowest BCUT2D eigenvalue weighted by Gasteiger charge is -2.17. The zero-order valence-electron chi connectivity index (χ0n) is 5.54. The second-order valence-corrected chi connectivity index (χ2v) is 2.56. The number of hydrogen-bond donors (Lipinski definition) is 0. The standard InChI is InChI=1S/C6H8N2O2/c9-5-4-6(10)8-3-1-2-7(5)8/h1-4H2. The number of amides is 2. The lowest BCUT2D eigenvalue weighted by molar-refractivity contribution is -0.141. The van der Waals surface area contributed by atoms with Crippen LogP contribution in [-0.4, -0.2) is 34.9 Å². The van der Waals surface area contributed by atoms with Crippen molar-refractivity contribution in [2.24, 2.45) is 0 Å². The summed E-state index contributed by atoms with van der Waals surface area (Å²) in [6.45, 7) is 1.45. The maximum atomic E-state index is 10.9. The molecule has 2 aliphatic rings. The van der Waals surface area contributed by atoms with Crippen LogP contribution in [0.15, 0.2) is 0 Å². The van der Waals surface area contributed by atoms with Gasteiger partial charge in [0.1, 0.15) is 6.42 Å². The summed E-state index contributed by atoms with van der Waals surface area (Å²) in [6, 6.07) is 0. The number of hydrogen-bond acceptors (Lipinski definition) is 2. The van der Waals surface area contributed by atoms with Gasteiger partial charge in [0.25, 0.3) is 11.8 Å². The molecule has 10 heavy (non-hydrogen) atoms. The van der Waals surface area contributed by atoms with E-state index in [-0.39, 0.29) is 18.2 Å². The minimum Gasteiger partial charge on any atom is -0.272 e. The smallest absolute Gasteiger partial charge is 0.250 e. The molecule has 2 saturated heterocycles. The molecule has 54 valence electrons. The van der Waals surface area contributed by atoms with Crippen LogP contribution in [0.5, 0.6) is 0 Å². The largest absolute Gasteiger partial charge is 0.272 e. The van der Waals surface area contributed by atoms with Crippen LogP contribution < -0.4 is 0 Å². The van der Waals surface area contributed by atoms with Gasteiger partial charge in [0.15, 0.2) is 0 Å². The zero-order chi connectivity index (χ0) is 7.14. The fourth-order valence-corrected chi connectivity index (χ4v) is 1.44.